The highest BCUT2D eigenvalue weighted by Crippen LogP contribution is 2.29. The van der Waals surface area contributed by atoms with Gasteiger partial charge in [-0.2, -0.15) is 0 Å². The van der Waals surface area contributed by atoms with Crippen LogP contribution >= 0.6 is 0 Å². The largest absolute Gasteiger partial charge is 0.573 e. The Morgan fingerprint density at radius 2 is 1.71 bits per heavy atom. The van der Waals surface area contributed by atoms with Crippen LogP contribution < -0.4 is 9.47 Å². The molecule has 0 fully saturated rings. The van der Waals surface area contributed by atoms with E-state index in [1.807, 2.05) is 30.3 Å². The molecule has 6 heteroatoms. The van der Waals surface area contributed by atoms with Gasteiger partial charge in [-0.3, -0.25) is 0 Å². The van der Waals surface area contributed by atoms with Gasteiger partial charge in [0.15, 0.2) is 0 Å². The third kappa shape index (κ3) is 4.68. The fourth-order valence-corrected chi connectivity index (χ4v) is 1.73. The van der Waals surface area contributed by atoms with Crippen LogP contribution in [0.3, 0.4) is 0 Å². The van der Waals surface area contributed by atoms with Gasteiger partial charge < -0.3 is 14.6 Å². The van der Waals surface area contributed by atoms with E-state index >= 15 is 0 Å². The molecule has 2 aromatic carbocycles. The summed E-state index contributed by atoms with van der Waals surface area (Å²) in [6.45, 7) is -0.153. The zero-order chi connectivity index (χ0) is 15.3. The van der Waals surface area contributed by atoms with Crippen LogP contribution in [0.1, 0.15) is 11.1 Å². The maximum atomic E-state index is 12.2. The summed E-state index contributed by atoms with van der Waals surface area (Å²) in [6.07, 6.45) is -4.77. The van der Waals surface area contributed by atoms with Crippen molar-refractivity contribution in [3.05, 3.63) is 59.7 Å². The van der Waals surface area contributed by atoms with E-state index in [9.17, 15) is 18.3 Å². The van der Waals surface area contributed by atoms with Crippen LogP contribution in [0.25, 0.3) is 0 Å². The molecule has 0 spiro atoms. The Kier molecular flexibility index (Phi) is 4.70. The van der Waals surface area contributed by atoms with Crippen molar-refractivity contribution >= 4 is 0 Å². The predicted octanol–water partition coefficient (Wildman–Crippen LogP) is 3.66. The van der Waals surface area contributed by atoms with Crippen LogP contribution in [0.15, 0.2) is 48.5 Å². The Labute approximate surface area is 119 Å². The van der Waals surface area contributed by atoms with Crippen molar-refractivity contribution in [1.82, 2.24) is 0 Å². The van der Waals surface area contributed by atoms with E-state index in [2.05, 4.69) is 4.74 Å². The van der Waals surface area contributed by atoms with Crippen molar-refractivity contribution in [1.29, 1.82) is 0 Å². The normalized spacial score (nSPS) is 11.2. The molecule has 0 radical (unpaired) electrons. The van der Waals surface area contributed by atoms with Gasteiger partial charge in [0.25, 0.3) is 0 Å². The maximum absolute atomic E-state index is 12.2. The fourth-order valence-electron chi connectivity index (χ4n) is 1.73. The predicted molar refractivity (Wildman–Crippen MR) is 69.8 cm³/mol. The molecule has 2 aromatic rings. The zero-order valence-electron chi connectivity index (χ0n) is 10.9. The molecule has 0 saturated carbocycles. The van der Waals surface area contributed by atoms with Gasteiger partial charge in [0.2, 0.25) is 0 Å². The number of ether oxygens (including phenoxy) is 2. The lowest BCUT2D eigenvalue weighted by Crippen LogP contribution is -2.17. The summed E-state index contributed by atoms with van der Waals surface area (Å²) in [6, 6.07) is 12.7. The molecule has 0 aromatic heterocycles. The molecule has 0 amide bonds. The van der Waals surface area contributed by atoms with Crippen LogP contribution in [-0.4, -0.2) is 11.5 Å². The van der Waals surface area contributed by atoms with Gasteiger partial charge in [-0.15, -0.1) is 13.2 Å². The summed E-state index contributed by atoms with van der Waals surface area (Å²) in [7, 11) is 0. The third-order valence-corrected chi connectivity index (χ3v) is 2.68. The minimum atomic E-state index is -4.77. The Balaban J connectivity index is 2.14. The van der Waals surface area contributed by atoms with E-state index in [1.54, 1.807) is 0 Å². The molecule has 3 nitrogen and oxygen atoms in total. The molecule has 112 valence electrons. The second-order valence-corrected chi connectivity index (χ2v) is 4.25. The maximum Gasteiger partial charge on any atom is 0.573 e. The molecule has 0 aliphatic carbocycles. The number of alkyl halides is 3. The van der Waals surface area contributed by atoms with Crippen LogP contribution in [0, 0.1) is 0 Å². The Bertz CT molecular complexity index is 582. The van der Waals surface area contributed by atoms with E-state index in [4.69, 9.17) is 4.74 Å². The van der Waals surface area contributed by atoms with Crippen molar-refractivity contribution in [2.24, 2.45) is 0 Å². The molecule has 0 atom stereocenters. The summed E-state index contributed by atoms with van der Waals surface area (Å²) in [5, 5.41) is 9.20. The lowest BCUT2D eigenvalue weighted by Gasteiger charge is -2.14. The van der Waals surface area contributed by atoms with E-state index in [0.717, 1.165) is 17.7 Å². The Morgan fingerprint density at radius 3 is 2.33 bits per heavy atom. The van der Waals surface area contributed by atoms with E-state index in [1.165, 1.54) is 6.07 Å². The van der Waals surface area contributed by atoms with Gasteiger partial charge in [0, 0.05) is 11.6 Å². The molecule has 2 rings (SSSR count). The van der Waals surface area contributed by atoms with E-state index in [-0.39, 0.29) is 24.7 Å². The first kappa shape index (κ1) is 15.2. The van der Waals surface area contributed by atoms with E-state index in [0.29, 0.717) is 5.56 Å². The minimum absolute atomic E-state index is 0.156. The first-order chi connectivity index (χ1) is 9.98. The Hall–Kier alpha value is -2.21. The van der Waals surface area contributed by atoms with Crippen LogP contribution in [-0.2, 0) is 13.2 Å². The number of halogens is 3. The van der Waals surface area contributed by atoms with E-state index < -0.39 is 6.36 Å². The summed E-state index contributed by atoms with van der Waals surface area (Å²) in [4.78, 5) is 0. The topological polar surface area (TPSA) is 38.7 Å². The molecular weight excluding hydrogens is 285 g/mol. The quantitative estimate of drug-likeness (QED) is 0.915. The molecule has 0 unspecified atom stereocenters. The van der Waals surface area contributed by atoms with Crippen molar-refractivity contribution in [2.45, 2.75) is 19.6 Å². The molecule has 0 saturated heterocycles. The molecule has 21 heavy (non-hydrogen) atoms. The van der Waals surface area contributed by atoms with Gasteiger partial charge >= 0.3 is 6.36 Å². The van der Waals surface area contributed by atoms with Crippen molar-refractivity contribution in [3.63, 3.8) is 0 Å². The Morgan fingerprint density at radius 1 is 1.00 bits per heavy atom. The third-order valence-electron chi connectivity index (χ3n) is 2.68. The lowest BCUT2D eigenvalue weighted by atomic mass is 10.2. The van der Waals surface area contributed by atoms with Crippen molar-refractivity contribution in [3.8, 4) is 11.5 Å². The highest BCUT2D eigenvalue weighted by atomic mass is 19.4. The summed E-state index contributed by atoms with van der Waals surface area (Å²) >= 11 is 0. The van der Waals surface area contributed by atoms with Crippen molar-refractivity contribution in [2.75, 3.05) is 0 Å². The average molecular weight is 298 g/mol. The van der Waals surface area contributed by atoms with Gasteiger partial charge in [-0.05, 0) is 17.7 Å². The summed E-state index contributed by atoms with van der Waals surface area (Å²) in [5.41, 5.74) is 1.25. The number of aliphatic hydroxyl groups excluding tert-OH is 1. The van der Waals surface area contributed by atoms with Crippen molar-refractivity contribution < 1.29 is 27.8 Å². The van der Waals surface area contributed by atoms with Gasteiger partial charge in [-0.1, -0.05) is 30.3 Å². The number of aliphatic hydroxyl groups is 1. The zero-order valence-corrected chi connectivity index (χ0v) is 10.9. The summed E-state index contributed by atoms with van der Waals surface area (Å²) in [5.74, 6) is -0.231. The highest BCUT2D eigenvalue weighted by Gasteiger charge is 2.31. The smallest absolute Gasteiger partial charge is 0.488 e. The average Bonchev–Trinajstić information content (AvgIpc) is 2.45. The second kappa shape index (κ2) is 6.49. The molecule has 0 bridgehead atoms. The molecule has 0 aliphatic rings. The number of hydrogen-bond donors (Lipinski definition) is 1. The SMILES string of the molecule is OCc1ccc(OC(F)(F)F)cc1OCc1ccccc1. The van der Waals surface area contributed by atoms with Gasteiger partial charge in [0.1, 0.15) is 18.1 Å². The fraction of sp³-hybridized carbons (Fsp3) is 0.200. The number of benzene rings is 2. The first-order valence-corrected chi connectivity index (χ1v) is 6.14. The minimum Gasteiger partial charge on any atom is -0.488 e. The molecular formula is C15H13F3O3. The van der Waals surface area contributed by atoms with Crippen LogP contribution in [0.2, 0.25) is 0 Å². The van der Waals surface area contributed by atoms with Gasteiger partial charge in [-0.25, -0.2) is 0 Å². The summed E-state index contributed by atoms with van der Waals surface area (Å²) < 4.78 is 45.9. The molecule has 0 heterocycles. The second-order valence-electron chi connectivity index (χ2n) is 4.25. The highest BCUT2D eigenvalue weighted by molar-refractivity contribution is 5.40. The molecule has 0 aliphatic heterocycles. The molecule has 1 N–H and O–H groups in total. The number of hydrogen-bond acceptors (Lipinski definition) is 3. The standard InChI is InChI=1S/C15H13F3O3/c16-15(17,18)21-13-7-6-12(9-19)14(8-13)20-10-11-4-2-1-3-5-11/h1-8,19H,9-10H2. The monoisotopic (exact) mass is 298 g/mol. The number of rotatable bonds is 5. The lowest BCUT2D eigenvalue weighted by molar-refractivity contribution is -0.274. The van der Waals surface area contributed by atoms with Crippen LogP contribution in [0.4, 0.5) is 13.2 Å². The van der Waals surface area contributed by atoms with Gasteiger partial charge in [0.05, 0.1) is 6.61 Å². The first-order valence-electron chi connectivity index (χ1n) is 6.14. The van der Waals surface area contributed by atoms with Crippen LogP contribution in [0.5, 0.6) is 11.5 Å².